The summed E-state index contributed by atoms with van der Waals surface area (Å²) >= 11 is 0. The number of para-hydroxylation sites is 1. The quantitative estimate of drug-likeness (QED) is 0.629. The number of benzene rings is 2. The first-order chi connectivity index (χ1) is 15.5. The molecule has 170 valence electrons. The summed E-state index contributed by atoms with van der Waals surface area (Å²) < 4.78 is 6.53. The van der Waals surface area contributed by atoms with Crippen molar-refractivity contribution >= 4 is 11.8 Å². The summed E-state index contributed by atoms with van der Waals surface area (Å²) in [4.78, 5) is 30.6. The highest BCUT2D eigenvalue weighted by Gasteiger charge is 2.35. The predicted molar refractivity (Wildman–Crippen MR) is 126 cm³/mol. The van der Waals surface area contributed by atoms with E-state index in [1.165, 1.54) is 0 Å². The first-order valence-corrected chi connectivity index (χ1v) is 11.9. The standard InChI is InChI=1S/C27H34N2O3/c1-20-11-10-12-21(19-20)26(30)29-18-9-3-8-17-28(2)27(31)22-13-4-6-15-24(22)32-25-16-7-5-14-23(25)29/h4,6,10-13,15,19,23,25H,3,5,7-9,14,16-18H2,1-2H3/t23-,25+/m1/s1. The minimum absolute atomic E-state index is 0.0000929. The van der Waals surface area contributed by atoms with Crippen molar-refractivity contribution in [1.82, 2.24) is 9.80 Å². The maximum absolute atomic E-state index is 13.6. The minimum Gasteiger partial charge on any atom is -0.487 e. The molecule has 0 unspecified atom stereocenters. The van der Waals surface area contributed by atoms with Crippen LogP contribution in [0.3, 0.4) is 0 Å². The van der Waals surface area contributed by atoms with Crippen LogP contribution in [0.4, 0.5) is 0 Å². The minimum atomic E-state index is -0.113. The van der Waals surface area contributed by atoms with Gasteiger partial charge in [-0.1, -0.05) is 36.2 Å². The van der Waals surface area contributed by atoms with Crippen LogP contribution >= 0.6 is 0 Å². The molecule has 0 radical (unpaired) electrons. The van der Waals surface area contributed by atoms with Gasteiger partial charge >= 0.3 is 0 Å². The van der Waals surface area contributed by atoms with Crippen LogP contribution in [0, 0.1) is 6.92 Å². The topological polar surface area (TPSA) is 49.9 Å². The van der Waals surface area contributed by atoms with Crippen LogP contribution in [0.5, 0.6) is 5.75 Å². The largest absolute Gasteiger partial charge is 0.487 e. The number of hydrogen-bond donors (Lipinski definition) is 0. The van der Waals surface area contributed by atoms with Crippen LogP contribution in [0.2, 0.25) is 0 Å². The van der Waals surface area contributed by atoms with E-state index in [0.29, 0.717) is 17.9 Å². The fourth-order valence-electron chi connectivity index (χ4n) is 4.96. The summed E-state index contributed by atoms with van der Waals surface area (Å²) in [6.07, 6.45) is 6.70. The third-order valence-corrected chi connectivity index (χ3v) is 6.73. The van der Waals surface area contributed by atoms with Gasteiger partial charge in [-0.25, -0.2) is 0 Å². The van der Waals surface area contributed by atoms with E-state index in [4.69, 9.17) is 4.74 Å². The summed E-state index contributed by atoms with van der Waals surface area (Å²) in [7, 11) is 1.86. The van der Waals surface area contributed by atoms with E-state index in [1.54, 1.807) is 4.90 Å². The van der Waals surface area contributed by atoms with Gasteiger partial charge < -0.3 is 14.5 Å². The molecule has 2 aromatic rings. The molecule has 0 saturated heterocycles. The lowest BCUT2D eigenvalue weighted by Crippen LogP contribution is -2.51. The first-order valence-electron chi connectivity index (χ1n) is 11.9. The molecule has 32 heavy (non-hydrogen) atoms. The Labute approximate surface area is 191 Å². The maximum atomic E-state index is 13.6. The lowest BCUT2D eigenvalue weighted by Gasteiger charge is -2.40. The molecule has 0 bridgehead atoms. The van der Waals surface area contributed by atoms with Gasteiger partial charge in [0.05, 0.1) is 11.6 Å². The molecule has 2 aliphatic rings. The third kappa shape index (κ3) is 4.98. The van der Waals surface area contributed by atoms with Gasteiger partial charge in [-0.3, -0.25) is 9.59 Å². The molecule has 1 saturated carbocycles. The Morgan fingerprint density at radius 2 is 1.72 bits per heavy atom. The predicted octanol–water partition coefficient (Wildman–Crippen LogP) is 5.08. The molecule has 2 aromatic carbocycles. The van der Waals surface area contributed by atoms with Crippen LogP contribution in [0.1, 0.15) is 71.2 Å². The second kappa shape index (κ2) is 10.2. The van der Waals surface area contributed by atoms with Crippen molar-refractivity contribution in [2.24, 2.45) is 0 Å². The Morgan fingerprint density at radius 3 is 2.56 bits per heavy atom. The number of carbonyl (C=O) groups excluding carboxylic acids is 2. The molecule has 1 heterocycles. The zero-order valence-electron chi connectivity index (χ0n) is 19.3. The number of amides is 2. The van der Waals surface area contributed by atoms with Gasteiger partial charge in [0.1, 0.15) is 11.9 Å². The van der Waals surface area contributed by atoms with Gasteiger partial charge in [0, 0.05) is 25.7 Å². The Morgan fingerprint density at radius 1 is 0.938 bits per heavy atom. The highest BCUT2D eigenvalue weighted by molar-refractivity contribution is 5.97. The third-order valence-electron chi connectivity index (χ3n) is 6.73. The van der Waals surface area contributed by atoms with E-state index >= 15 is 0 Å². The number of aryl methyl sites for hydroxylation is 1. The monoisotopic (exact) mass is 434 g/mol. The number of fused-ring (bicyclic) bond motifs is 2. The Bertz CT molecular complexity index is 957. The van der Waals surface area contributed by atoms with Crippen molar-refractivity contribution in [3.05, 3.63) is 65.2 Å². The van der Waals surface area contributed by atoms with Crippen molar-refractivity contribution in [3.63, 3.8) is 0 Å². The normalized spacial score (nSPS) is 22.5. The average molecular weight is 435 g/mol. The summed E-state index contributed by atoms with van der Waals surface area (Å²) in [6, 6.07) is 15.4. The molecule has 0 N–H and O–H groups in total. The van der Waals surface area contributed by atoms with Gasteiger partial charge in [-0.05, 0) is 69.7 Å². The molecule has 0 spiro atoms. The lowest BCUT2D eigenvalue weighted by molar-refractivity contribution is 0.0273. The van der Waals surface area contributed by atoms with Gasteiger partial charge in [-0.2, -0.15) is 0 Å². The Kier molecular flexibility index (Phi) is 7.13. The summed E-state index contributed by atoms with van der Waals surface area (Å²) in [5, 5.41) is 0. The molecule has 0 aromatic heterocycles. The fraction of sp³-hybridized carbons (Fsp3) is 0.481. The molecule has 2 atom stereocenters. The van der Waals surface area contributed by atoms with Crippen LogP contribution in [0.15, 0.2) is 48.5 Å². The number of carbonyl (C=O) groups is 2. The molecular formula is C27H34N2O3. The van der Waals surface area contributed by atoms with Crippen LogP contribution in [-0.2, 0) is 0 Å². The zero-order chi connectivity index (χ0) is 22.5. The smallest absolute Gasteiger partial charge is 0.257 e. The van der Waals surface area contributed by atoms with Crippen molar-refractivity contribution in [3.8, 4) is 5.75 Å². The summed E-state index contributed by atoms with van der Waals surface area (Å²) in [5.74, 6) is 0.717. The average Bonchev–Trinajstić information content (AvgIpc) is 2.81. The Balaban J connectivity index is 1.69. The number of hydrogen-bond acceptors (Lipinski definition) is 3. The molecule has 4 rings (SSSR count). The van der Waals surface area contributed by atoms with Gasteiger partial charge in [0.2, 0.25) is 0 Å². The van der Waals surface area contributed by atoms with Crippen molar-refractivity contribution in [1.29, 1.82) is 0 Å². The molecular weight excluding hydrogens is 400 g/mol. The van der Waals surface area contributed by atoms with E-state index in [9.17, 15) is 9.59 Å². The van der Waals surface area contributed by atoms with Crippen molar-refractivity contribution in [2.75, 3.05) is 20.1 Å². The SMILES string of the molecule is Cc1cccc(C(=O)N2CCCCCN(C)C(=O)c3ccccc3O[C@H]3CCCC[C@H]32)c1. The molecule has 1 aliphatic heterocycles. The molecule has 2 amide bonds. The van der Waals surface area contributed by atoms with Gasteiger partial charge in [-0.15, -0.1) is 0 Å². The van der Waals surface area contributed by atoms with E-state index in [-0.39, 0.29) is 24.0 Å². The van der Waals surface area contributed by atoms with Crippen molar-refractivity contribution in [2.45, 2.75) is 64.0 Å². The highest BCUT2D eigenvalue weighted by Crippen LogP contribution is 2.31. The van der Waals surface area contributed by atoms with E-state index < -0.39 is 0 Å². The van der Waals surface area contributed by atoms with Crippen molar-refractivity contribution < 1.29 is 14.3 Å². The molecule has 5 nitrogen and oxygen atoms in total. The second-order valence-electron chi connectivity index (χ2n) is 9.16. The van der Waals surface area contributed by atoms with Crippen LogP contribution in [-0.4, -0.2) is 53.9 Å². The molecule has 1 fully saturated rings. The number of nitrogens with zero attached hydrogens (tertiary/aromatic N) is 2. The van der Waals surface area contributed by atoms with E-state index in [1.807, 2.05) is 62.5 Å². The number of rotatable bonds is 1. The van der Waals surface area contributed by atoms with E-state index in [2.05, 4.69) is 4.90 Å². The van der Waals surface area contributed by atoms with E-state index in [0.717, 1.165) is 62.6 Å². The Hall–Kier alpha value is -2.82. The lowest BCUT2D eigenvalue weighted by atomic mass is 9.90. The fourth-order valence-corrected chi connectivity index (χ4v) is 4.96. The van der Waals surface area contributed by atoms with Gasteiger partial charge in [0.25, 0.3) is 11.8 Å². The number of ether oxygens (including phenoxy) is 1. The highest BCUT2D eigenvalue weighted by atomic mass is 16.5. The molecule has 5 heteroatoms. The summed E-state index contributed by atoms with van der Waals surface area (Å²) in [5.41, 5.74) is 2.44. The second-order valence-corrected chi connectivity index (χ2v) is 9.16. The maximum Gasteiger partial charge on any atom is 0.257 e. The molecule has 1 aliphatic carbocycles. The van der Waals surface area contributed by atoms with Crippen LogP contribution < -0.4 is 4.74 Å². The first kappa shape index (κ1) is 22.4. The zero-order valence-corrected chi connectivity index (χ0v) is 19.3. The van der Waals surface area contributed by atoms with Crippen LogP contribution in [0.25, 0.3) is 0 Å². The summed E-state index contributed by atoms with van der Waals surface area (Å²) in [6.45, 7) is 3.44. The van der Waals surface area contributed by atoms with Gasteiger partial charge in [0.15, 0.2) is 0 Å².